The lowest BCUT2D eigenvalue weighted by Crippen LogP contribution is -2.34. The molecule has 2 rings (SSSR count). The molecular formula is C23H26FNO2. The summed E-state index contributed by atoms with van der Waals surface area (Å²) in [5.74, 6) is 2.30. The third-order valence-electron chi connectivity index (χ3n) is 4.38. The number of ether oxygens (including phenoxy) is 1. The monoisotopic (exact) mass is 367 g/mol. The van der Waals surface area contributed by atoms with Gasteiger partial charge in [0, 0.05) is 18.7 Å². The van der Waals surface area contributed by atoms with Gasteiger partial charge in [-0.3, -0.25) is 4.79 Å². The Morgan fingerprint density at radius 3 is 2.22 bits per heavy atom. The van der Waals surface area contributed by atoms with Crippen LogP contribution in [0.25, 0.3) is 0 Å². The molecule has 0 radical (unpaired) electrons. The molecule has 2 aromatic rings. The van der Waals surface area contributed by atoms with Crippen molar-refractivity contribution in [3.63, 3.8) is 0 Å². The average molecular weight is 367 g/mol. The number of nitrogens with zero attached hydrogens (tertiary/aromatic N) is 1. The third kappa shape index (κ3) is 5.42. The van der Waals surface area contributed by atoms with Gasteiger partial charge in [0.1, 0.15) is 11.9 Å². The van der Waals surface area contributed by atoms with E-state index in [4.69, 9.17) is 11.2 Å². The molecule has 1 unspecified atom stereocenters. The molecule has 27 heavy (non-hydrogen) atoms. The Bertz CT molecular complexity index is 749. The van der Waals surface area contributed by atoms with Crippen LogP contribution in [0.5, 0.6) is 0 Å². The number of rotatable bonds is 10. The Morgan fingerprint density at radius 1 is 1.07 bits per heavy atom. The number of hydrogen-bond donors (Lipinski definition) is 0. The van der Waals surface area contributed by atoms with Crippen molar-refractivity contribution in [3.8, 4) is 12.3 Å². The zero-order valence-electron chi connectivity index (χ0n) is 15.9. The van der Waals surface area contributed by atoms with Crippen molar-refractivity contribution < 1.29 is 13.9 Å². The smallest absolute Gasteiger partial charge is 0.210 e. The van der Waals surface area contributed by atoms with E-state index in [9.17, 15) is 9.18 Å². The normalized spacial score (nSPS) is 12.8. The Labute approximate surface area is 161 Å². The zero-order valence-corrected chi connectivity index (χ0v) is 15.9. The predicted molar refractivity (Wildman–Crippen MR) is 106 cm³/mol. The van der Waals surface area contributed by atoms with Gasteiger partial charge in [0.2, 0.25) is 6.41 Å². The van der Waals surface area contributed by atoms with E-state index in [2.05, 4.69) is 5.92 Å². The van der Waals surface area contributed by atoms with E-state index in [0.717, 1.165) is 35.9 Å². The molecule has 4 heteroatoms. The molecule has 1 amide bonds. The van der Waals surface area contributed by atoms with E-state index >= 15 is 0 Å². The average Bonchev–Trinajstić information content (AvgIpc) is 2.71. The number of hydrogen-bond acceptors (Lipinski definition) is 2. The first kappa shape index (κ1) is 20.7. The molecule has 0 aromatic heterocycles. The van der Waals surface area contributed by atoms with Crippen LogP contribution in [0, 0.1) is 18.2 Å². The highest BCUT2D eigenvalue weighted by Gasteiger charge is 2.30. The maximum absolute atomic E-state index is 13.5. The molecule has 0 saturated carbocycles. The van der Waals surface area contributed by atoms with Crippen molar-refractivity contribution in [1.29, 1.82) is 0 Å². The largest absolute Gasteiger partial charge is 0.371 e. The van der Waals surface area contributed by atoms with Gasteiger partial charge in [-0.1, -0.05) is 44.0 Å². The van der Waals surface area contributed by atoms with Crippen molar-refractivity contribution in [2.45, 2.75) is 38.8 Å². The van der Waals surface area contributed by atoms with Crippen LogP contribution in [0.4, 0.5) is 4.39 Å². The summed E-state index contributed by atoms with van der Waals surface area (Å²) in [5, 5.41) is 0. The van der Waals surface area contributed by atoms with Gasteiger partial charge in [-0.15, -0.1) is 6.42 Å². The Kier molecular flexibility index (Phi) is 8.03. The molecule has 2 aromatic carbocycles. The summed E-state index contributed by atoms with van der Waals surface area (Å²) >= 11 is 0. The maximum atomic E-state index is 13.5. The number of carbonyl (C=O) groups is 1. The summed E-state index contributed by atoms with van der Waals surface area (Å²) in [7, 11) is 0. The third-order valence-corrected chi connectivity index (χ3v) is 4.38. The van der Waals surface area contributed by atoms with Crippen LogP contribution in [0.2, 0.25) is 0 Å². The predicted octanol–water partition coefficient (Wildman–Crippen LogP) is 4.88. The molecule has 0 bridgehead atoms. The van der Waals surface area contributed by atoms with Crippen LogP contribution < -0.4 is 0 Å². The lowest BCUT2D eigenvalue weighted by atomic mass is 9.93. The fraction of sp³-hybridized carbons (Fsp3) is 0.348. The molecule has 142 valence electrons. The van der Waals surface area contributed by atoms with Crippen molar-refractivity contribution in [1.82, 2.24) is 4.90 Å². The quantitative estimate of drug-likeness (QED) is 0.442. The summed E-state index contributed by atoms with van der Waals surface area (Å²) < 4.78 is 19.6. The number of benzene rings is 2. The van der Waals surface area contributed by atoms with E-state index < -0.39 is 0 Å². The Morgan fingerprint density at radius 2 is 1.70 bits per heavy atom. The summed E-state index contributed by atoms with van der Waals surface area (Å²) in [6.07, 6.45) is 7.59. The highest BCUT2D eigenvalue weighted by molar-refractivity contribution is 5.50. The molecule has 0 aliphatic rings. The standard InChI is InChI=1S/C23H26FNO2/c1-4-15-25(17-26)22(19-11-13-21(24)14-12-19)23(27-16-5-2)20-9-7-18(6-3)8-10-20/h3,7-14,17,22-23H,4-5,15-16H2,1-2H3/t22?,23-/m0/s1. The lowest BCUT2D eigenvalue weighted by Gasteiger charge is -2.35. The number of halogens is 1. The van der Waals surface area contributed by atoms with Crippen molar-refractivity contribution in [2.75, 3.05) is 13.2 Å². The first-order valence-corrected chi connectivity index (χ1v) is 9.29. The van der Waals surface area contributed by atoms with Crippen LogP contribution in [0.15, 0.2) is 48.5 Å². The maximum Gasteiger partial charge on any atom is 0.210 e. The zero-order chi connectivity index (χ0) is 19.6. The second-order valence-corrected chi connectivity index (χ2v) is 6.40. The summed E-state index contributed by atoms with van der Waals surface area (Å²) in [5.41, 5.74) is 2.55. The minimum atomic E-state index is -0.376. The van der Waals surface area contributed by atoms with Crippen molar-refractivity contribution >= 4 is 6.41 Å². The van der Waals surface area contributed by atoms with Gasteiger partial charge in [0.05, 0.1) is 6.04 Å². The minimum Gasteiger partial charge on any atom is -0.371 e. The van der Waals surface area contributed by atoms with E-state index in [1.165, 1.54) is 12.1 Å². The fourth-order valence-electron chi connectivity index (χ4n) is 3.10. The second kappa shape index (κ2) is 10.5. The topological polar surface area (TPSA) is 29.5 Å². The molecule has 0 aliphatic heterocycles. The van der Waals surface area contributed by atoms with Gasteiger partial charge in [0.25, 0.3) is 0 Å². The van der Waals surface area contributed by atoms with Crippen LogP contribution in [0.3, 0.4) is 0 Å². The molecule has 0 fully saturated rings. The van der Waals surface area contributed by atoms with E-state index in [0.29, 0.717) is 13.2 Å². The van der Waals surface area contributed by atoms with Gasteiger partial charge in [-0.2, -0.15) is 0 Å². The van der Waals surface area contributed by atoms with Crippen LogP contribution in [0.1, 0.15) is 55.5 Å². The number of amides is 1. The minimum absolute atomic E-state index is 0.310. The van der Waals surface area contributed by atoms with Crippen LogP contribution in [-0.2, 0) is 9.53 Å². The van der Waals surface area contributed by atoms with Gasteiger partial charge >= 0.3 is 0 Å². The van der Waals surface area contributed by atoms with E-state index in [1.54, 1.807) is 17.0 Å². The molecule has 0 heterocycles. The summed E-state index contributed by atoms with van der Waals surface area (Å²) in [4.78, 5) is 13.6. The number of carbonyl (C=O) groups excluding carboxylic acids is 1. The molecule has 2 atom stereocenters. The van der Waals surface area contributed by atoms with E-state index in [-0.39, 0.29) is 18.0 Å². The van der Waals surface area contributed by atoms with Gasteiger partial charge < -0.3 is 9.64 Å². The summed E-state index contributed by atoms with van der Waals surface area (Å²) in [6.45, 7) is 5.19. The van der Waals surface area contributed by atoms with E-state index in [1.807, 2.05) is 38.1 Å². The second-order valence-electron chi connectivity index (χ2n) is 6.40. The van der Waals surface area contributed by atoms with Gasteiger partial charge in [0.15, 0.2) is 0 Å². The molecule has 0 N–H and O–H groups in total. The SMILES string of the molecule is C#Cc1ccc([C@H](OCCC)C(c2ccc(F)cc2)N(C=O)CCC)cc1. The van der Waals surface area contributed by atoms with Crippen LogP contribution >= 0.6 is 0 Å². The Balaban J connectivity index is 2.51. The molecule has 3 nitrogen and oxygen atoms in total. The lowest BCUT2D eigenvalue weighted by molar-refractivity contribution is -0.124. The molecular weight excluding hydrogens is 341 g/mol. The first-order valence-electron chi connectivity index (χ1n) is 9.29. The first-order chi connectivity index (χ1) is 13.1. The highest BCUT2D eigenvalue weighted by atomic mass is 19.1. The number of terminal acetylenes is 1. The highest BCUT2D eigenvalue weighted by Crippen LogP contribution is 2.37. The van der Waals surface area contributed by atoms with Gasteiger partial charge in [-0.05, 0) is 48.2 Å². The fourth-order valence-corrected chi connectivity index (χ4v) is 3.10. The van der Waals surface area contributed by atoms with Crippen molar-refractivity contribution in [3.05, 3.63) is 71.0 Å². The Hall–Kier alpha value is -2.64. The van der Waals surface area contributed by atoms with Crippen LogP contribution in [-0.4, -0.2) is 24.5 Å². The molecule has 0 aliphatic carbocycles. The van der Waals surface area contributed by atoms with Crippen molar-refractivity contribution in [2.24, 2.45) is 0 Å². The molecule has 0 saturated heterocycles. The van der Waals surface area contributed by atoms with Gasteiger partial charge in [-0.25, -0.2) is 4.39 Å². The summed E-state index contributed by atoms with van der Waals surface area (Å²) in [6, 6.07) is 13.5. The molecule has 0 spiro atoms.